The number of carbonyl (C=O) groups excluding carboxylic acids is 6. The molecule has 1 aromatic heterocycles. The fourth-order valence-corrected chi connectivity index (χ4v) is 9.21. The van der Waals surface area contributed by atoms with Gasteiger partial charge in [0.25, 0.3) is 23.6 Å². The maximum Gasteiger partial charge on any atom is 0.262 e. The van der Waals surface area contributed by atoms with E-state index in [9.17, 15) is 28.8 Å². The monoisotopic (exact) mass is 831 g/mol. The van der Waals surface area contributed by atoms with Gasteiger partial charge in [-0.3, -0.25) is 49.0 Å². The first kappa shape index (κ1) is 40.0. The lowest BCUT2D eigenvalue weighted by molar-refractivity contribution is -0.143. The molecule has 61 heavy (non-hydrogen) atoms. The van der Waals surface area contributed by atoms with E-state index >= 15 is 4.39 Å². The number of methoxy groups -OCH3 is 1. The van der Waals surface area contributed by atoms with E-state index in [0.717, 1.165) is 79.0 Å². The van der Waals surface area contributed by atoms with E-state index in [0.29, 0.717) is 43.5 Å². The predicted molar refractivity (Wildman–Crippen MR) is 220 cm³/mol. The van der Waals surface area contributed by atoms with Gasteiger partial charge in [-0.2, -0.15) is 5.10 Å². The smallest absolute Gasteiger partial charge is 0.262 e. The number of hydrogen-bond donors (Lipinski definition) is 3. The van der Waals surface area contributed by atoms with Crippen LogP contribution in [0, 0.1) is 11.7 Å². The van der Waals surface area contributed by atoms with E-state index in [1.165, 1.54) is 13.2 Å². The molecular weight excluding hydrogens is 786 g/mol. The lowest BCUT2D eigenvalue weighted by Crippen LogP contribution is -2.54. The number of benzene rings is 3. The van der Waals surface area contributed by atoms with Crippen LogP contribution in [0.25, 0.3) is 0 Å². The average molecular weight is 832 g/mol. The van der Waals surface area contributed by atoms with Crippen LogP contribution in [0.1, 0.15) is 79.7 Å². The van der Waals surface area contributed by atoms with Crippen molar-refractivity contribution >= 4 is 52.6 Å². The Morgan fingerprint density at radius 3 is 2.26 bits per heavy atom. The number of amides is 6. The van der Waals surface area contributed by atoms with Crippen LogP contribution in [-0.2, 0) is 32.2 Å². The molecule has 3 fully saturated rings. The van der Waals surface area contributed by atoms with Crippen molar-refractivity contribution in [1.82, 2.24) is 30.2 Å². The predicted octanol–water partition coefficient (Wildman–Crippen LogP) is 3.47. The molecule has 16 nitrogen and oxygen atoms in total. The van der Waals surface area contributed by atoms with Crippen molar-refractivity contribution in [3.63, 3.8) is 0 Å². The molecule has 4 aromatic rings. The van der Waals surface area contributed by atoms with Crippen LogP contribution in [0.15, 0.2) is 66.7 Å². The van der Waals surface area contributed by atoms with E-state index < -0.39 is 41.6 Å². The highest BCUT2D eigenvalue weighted by Crippen LogP contribution is 2.34. The summed E-state index contributed by atoms with van der Waals surface area (Å²) in [5.74, 6) is -2.69. The molecule has 0 radical (unpaired) electrons. The zero-order valence-corrected chi connectivity index (χ0v) is 33.7. The van der Waals surface area contributed by atoms with E-state index in [-0.39, 0.29) is 41.5 Å². The van der Waals surface area contributed by atoms with Crippen LogP contribution < -0.4 is 20.4 Å². The molecular formula is C44H46FN9O7. The molecule has 3 aromatic carbocycles. The van der Waals surface area contributed by atoms with Gasteiger partial charge in [0.1, 0.15) is 11.9 Å². The van der Waals surface area contributed by atoms with Crippen LogP contribution in [0.4, 0.5) is 21.6 Å². The van der Waals surface area contributed by atoms with Crippen molar-refractivity contribution < 1.29 is 37.9 Å². The second-order valence-corrected chi connectivity index (χ2v) is 16.3. The molecule has 316 valence electrons. The molecule has 0 bridgehead atoms. The molecule has 5 aliphatic rings. The topological polar surface area (TPSA) is 181 Å². The third kappa shape index (κ3) is 7.74. The van der Waals surface area contributed by atoms with Gasteiger partial charge in [0.2, 0.25) is 11.8 Å². The fourth-order valence-electron chi connectivity index (χ4n) is 9.21. The summed E-state index contributed by atoms with van der Waals surface area (Å²) in [7, 11) is 1.52. The van der Waals surface area contributed by atoms with Gasteiger partial charge in [-0.1, -0.05) is 30.3 Å². The number of H-pyrrole nitrogens is 1. The maximum atomic E-state index is 15.5. The van der Waals surface area contributed by atoms with Crippen molar-refractivity contribution in [2.75, 3.05) is 68.0 Å². The minimum atomic E-state index is -1.11. The summed E-state index contributed by atoms with van der Waals surface area (Å²) in [5.41, 5.74) is 4.12. The Morgan fingerprint density at radius 1 is 0.869 bits per heavy atom. The summed E-state index contributed by atoms with van der Waals surface area (Å²) in [6.07, 6.45) is 1.33. The van der Waals surface area contributed by atoms with E-state index in [1.807, 2.05) is 59.5 Å². The molecule has 0 spiro atoms. The number of hydrogen-bond acceptors (Lipinski definition) is 11. The highest BCUT2D eigenvalue weighted by Gasteiger charge is 2.45. The highest BCUT2D eigenvalue weighted by atomic mass is 19.1. The van der Waals surface area contributed by atoms with Crippen molar-refractivity contribution in [1.29, 1.82) is 0 Å². The number of anilines is 3. The summed E-state index contributed by atoms with van der Waals surface area (Å²) in [6.45, 7) is 5.86. The first-order valence-corrected chi connectivity index (χ1v) is 20.7. The van der Waals surface area contributed by atoms with Gasteiger partial charge in [0.05, 0.1) is 35.6 Å². The lowest BCUT2D eigenvalue weighted by atomic mass is 9.95. The number of nitrogens with zero attached hydrogens (tertiary/aromatic N) is 6. The fraction of sp³-hybridized carbons (Fsp3) is 0.386. The van der Waals surface area contributed by atoms with Gasteiger partial charge in [0, 0.05) is 76.2 Å². The lowest BCUT2D eigenvalue weighted by Gasteiger charge is -2.40. The van der Waals surface area contributed by atoms with Crippen molar-refractivity contribution in [2.45, 2.75) is 50.9 Å². The summed E-state index contributed by atoms with van der Waals surface area (Å²) >= 11 is 0. The number of piperazine rings is 1. The first-order chi connectivity index (χ1) is 29.6. The number of halogens is 1. The molecule has 9 rings (SSSR count). The second-order valence-electron chi connectivity index (χ2n) is 16.3. The van der Waals surface area contributed by atoms with Crippen LogP contribution in [-0.4, -0.2) is 119 Å². The quantitative estimate of drug-likeness (QED) is 0.199. The number of ether oxygens (including phenoxy) is 1. The number of fused-ring (bicyclic) bond motifs is 2. The number of carbonyl (C=O) groups is 6. The van der Waals surface area contributed by atoms with Crippen LogP contribution in [0.5, 0.6) is 0 Å². The van der Waals surface area contributed by atoms with Crippen LogP contribution >= 0.6 is 0 Å². The molecule has 5 aliphatic heterocycles. The Bertz CT molecular complexity index is 2390. The van der Waals surface area contributed by atoms with Crippen LogP contribution in [0.3, 0.4) is 0 Å². The van der Waals surface area contributed by atoms with Gasteiger partial charge in [0.15, 0.2) is 11.9 Å². The molecule has 6 amide bonds. The highest BCUT2D eigenvalue weighted by molar-refractivity contribution is 6.23. The standard InChI is InChI=1S/C44H46FN9O7/c1-61-38(27-5-3-2-4-6-27)44(60)53-24-32-34(25-53)48-49-39(32)47-40(56)28-7-9-29(10-8-28)51-15-13-26(14-16-51)23-50-17-19-52(20-18-50)36-22-31-30(21-33(36)45)42(58)54(43(31)59)35-11-12-37(55)46-41(35)57/h2-10,21-22,26,35,38H,11-20,23-25H2,1H3,(H,46,55,57)(H2,47,48,49,56)/t35?,38-/m1/s1. The largest absolute Gasteiger partial charge is 0.372 e. The Balaban J connectivity index is 0.736. The third-order valence-corrected chi connectivity index (χ3v) is 12.6. The number of aromatic nitrogens is 2. The first-order valence-electron chi connectivity index (χ1n) is 20.7. The van der Waals surface area contributed by atoms with Gasteiger partial charge < -0.3 is 24.8 Å². The normalized spacial score (nSPS) is 20.2. The number of aromatic amines is 1. The second kappa shape index (κ2) is 16.5. The van der Waals surface area contributed by atoms with Gasteiger partial charge in [-0.05, 0) is 67.1 Å². The summed E-state index contributed by atoms with van der Waals surface area (Å²) in [5, 5.41) is 12.4. The van der Waals surface area contributed by atoms with E-state index in [2.05, 4.69) is 30.6 Å². The molecule has 3 saturated heterocycles. The van der Waals surface area contributed by atoms with Crippen molar-refractivity contribution in [2.24, 2.45) is 5.92 Å². The molecule has 0 saturated carbocycles. The van der Waals surface area contributed by atoms with Gasteiger partial charge in [-0.25, -0.2) is 4.39 Å². The van der Waals surface area contributed by atoms with E-state index in [1.54, 1.807) is 4.90 Å². The summed E-state index contributed by atoms with van der Waals surface area (Å²) < 4.78 is 21.0. The average Bonchev–Trinajstić information content (AvgIpc) is 3.94. The summed E-state index contributed by atoms with van der Waals surface area (Å²) in [4.78, 5) is 86.3. The molecule has 17 heteroatoms. The van der Waals surface area contributed by atoms with Gasteiger partial charge in [-0.15, -0.1) is 0 Å². The molecule has 0 aliphatic carbocycles. The number of piperidine rings is 2. The zero-order valence-electron chi connectivity index (χ0n) is 33.7. The molecule has 1 unspecified atom stereocenters. The molecule has 6 heterocycles. The maximum absolute atomic E-state index is 15.5. The third-order valence-electron chi connectivity index (χ3n) is 12.6. The summed E-state index contributed by atoms with van der Waals surface area (Å²) in [6, 6.07) is 18.3. The van der Waals surface area contributed by atoms with Crippen molar-refractivity contribution in [3.05, 3.63) is 106 Å². The number of nitrogens with one attached hydrogen (secondary N) is 3. The van der Waals surface area contributed by atoms with E-state index in [4.69, 9.17) is 4.74 Å². The molecule has 3 N–H and O–H groups in total. The number of imide groups is 2. The van der Waals surface area contributed by atoms with Crippen molar-refractivity contribution in [3.8, 4) is 0 Å². The Kier molecular flexibility index (Phi) is 10.8. The Labute approximate surface area is 351 Å². The minimum Gasteiger partial charge on any atom is -0.372 e. The zero-order chi connectivity index (χ0) is 42.4. The Hall–Kier alpha value is -6.46. The van der Waals surface area contributed by atoms with Crippen LogP contribution in [0.2, 0.25) is 0 Å². The van der Waals surface area contributed by atoms with Gasteiger partial charge >= 0.3 is 0 Å². The minimum absolute atomic E-state index is 0.0123. The Morgan fingerprint density at radius 2 is 1.57 bits per heavy atom. The number of rotatable bonds is 10. The SMILES string of the molecule is CO[C@@H](C(=O)N1Cc2[nH]nc(NC(=O)c3ccc(N4CCC(CN5CCN(c6cc7c(cc6F)C(=O)N(C6CCC(=O)NC6=O)C7=O)CC5)CC4)cc3)c2C1)c1ccccc1. The molecule has 2 atom stereocenters.